The van der Waals surface area contributed by atoms with Crippen molar-refractivity contribution in [1.29, 1.82) is 0 Å². The van der Waals surface area contributed by atoms with Gasteiger partial charge in [-0.3, -0.25) is 4.79 Å². The monoisotopic (exact) mass is 520 g/mol. The molecule has 8 nitrogen and oxygen atoms in total. The number of fused-ring (bicyclic) bond motifs is 8. The molecule has 0 radical (unpaired) electrons. The fourth-order valence-electron chi connectivity index (χ4n) is 5.14. The Balaban J connectivity index is 1.84. The lowest BCUT2D eigenvalue weighted by atomic mass is 9.85. The summed E-state index contributed by atoms with van der Waals surface area (Å²) in [6.45, 7) is 5.85. The lowest BCUT2D eigenvalue weighted by Gasteiger charge is -2.35. The Labute approximate surface area is 223 Å². The number of ether oxygens (including phenoxy) is 3. The summed E-state index contributed by atoms with van der Waals surface area (Å²) in [6, 6.07) is 14.3. The molecule has 2 aromatic carbocycles. The van der Waals surface area contributed by atoms with E-state index in [0.29, 0.717) is 6.42 Å². The Hall–Kier alpha value is -3.65. The first-order valence-corrected chi connectivity index (χ1v) is 12.8. The minimum Gasteiger partial charge on any atom is -0.467 e. The highest BCUT2D eigenvalue weighted by Gasteiger charge is 2.53. The number of carbonyl (C=O) groups excluding carboxylic acids is 3. The summed E-state index contributed by atoms with van der Waals surface area (Å²) >= 11 is 0. The molecule has 2 amide bonds. The van der Waals surface area contributed by atoms with E-state index in [1.165, 1.54) is 12.0 Å². The molecule has 0 spiro atoms. The molecule has 1 saturated heterocycles. The first-order chi connectivity index (χ1) is 18.1. The zero-order valence-electron chi connectivity index (χ0n) is 22.7. The van der Waals surface area contributed by atoms with E-state index in [9.17, 15) is 14.4 Å². The first-order valence-electron chi connectivity index (χ1n) is 12.8. The standard InChI is InChI=1S/C30H36N2O6/c1-29(2,3)25-26(33)32-19-30(37-5,18-24(32)27(34)36-4)23-14-9-13-22(17-23)21-12-8-11-20(16-21)10-6-7-15-38-28(35)31-25/h6,8-14,16-17,24-25H,7,15,18-19H2,1-5H3,(H,31,35)/t24-,25+,30-/m0/s1. The molecule has 2 aromatic rings. The van der Waals surface area contributed by atoms with E-state index in [2.05, 4.69) is 17.4 Å². The number of benzene rings is 2. The number of alkyl carbamates (subject to hydrolysis) is 1. The number of hydrogen-bond acceptors (Lipinski definition) is 6. The minimum absolute atomic E-state index is 0.123. The van der Waals surface area contributed by atoms with Crippen LogP contribution in [0.4, 0.5) is 4.79 Å². The van der Waals surface area contributed by atoms with Crippen LogP contribution in [-0.2, 0) is 29.4 Å². The second-order valence-corrected chi connectivity index (χ2v) is 10.9. The van der Waals surface area contributed by atoms with E-state index in [1.54, 1.807) is 7.11 Å². The van der Waals surface area contributed by atoms with Crippen molar-refractivity contribution < 1.29 is 28.6 Å². The molecular weight excluding hydrogens is 484 g/mol. The molecule has 1 fully saturated rings. The molecular formula is C30H36N2O6. The zero-order chi connectivity index (χ0) is 27.5. The van der Waals surface area contributed by atoms with Gasteiger partial charge in [0.15, 0.2) is 0 Å². The smallest absolute Gasteiger partial charge is 0.407 e. The van der Waals surface area contributed by atoms with Crippen LogP contribution in [0.5, 0.6) is 0 Å². The summed E-state index contributed by atoms with van der Waals surface area (Å²) in [7, 11) is 2.89. The molecule has 3 atom stereocenters. The van der Waals surface area contributed by atoms with Crippen LogP contribution in [-0.4, -0.2) is 62.3 Å². The van der Waals surface area contributed by atoms with Crippen molar-refractivity contribution >= 4 is 24.0 Å². The van der Waals surface area contributed by atoms with Crippen molar-refractivity contribution in [3.63, 3.8) is 0 Å². The first kappa shape index (κ1) is 27.4. The number of hydrogen-bond donors (Lipinski definition) is 1. The van der Waals surface area contributed by atoms with Gasteiger partial charge >= 0.3 is 12.1 Å². The topological polar surface area (TPSA) is 94.2 Å². The molecule has 1 N–H and O–H groups in total. The average molecular weight is 521 g/mol. The van der Waals surface area contributed by atoms with Gasteiger partial charge in [-0.25, -0.2) is 9.59 Å². The summed E-state index contributed by atoms with van der Waals surface area (Å²) in [6.07, 6.45) is 4.00. The molecule has 2 aliphatic rings. The summed E-state index contributed by atoms with van der Waals surface area (Å²) in [5, 5.41) is 2.74. The van der Waals surface area contributed by atoms with Gasteiger partial charge in [0.05, 0.1) is 20.3 Å². The molecule has 38 heavy (non-hydrogen) atoms. The van der Waals surface area contributed by atoms with Crippen molar-refractivity contribution in [3.8, 4) is 11.1 Å². The number of methoxy groups -OCH3 is 2. The lowest BCUT2D eigenvalue weighted by molar-refractivity contribution is -0.152. The molecule has 6 bridgehead atoms. The predicted molar refractivity (Wildman–Crippen MR) is 144 cm³/mol. The summed E-state index contributed by atoms with van der Waals surface area (Å²) in [5.41, 5.74) is 2.30. The normalized spacial score (nSPS) is 24.2. The highest BCUT2D eigenvalue weighted by Crippen LogP contribution is 2.41. The SMILES string of the molecule is COC(=O)[C@@H]1C[C@]2(OC)CN1C(=O)[C@H](C(C)(C)C)NC(=O)OCCC=Cc1cccc(c1)-c1cccc2c1. The maximum absolute atomic E-state index is 14.0. The Morgan fingerprint density at radius 3 is 2.47 bits per heavy atom. The van der Waals surface area contributed by atoms with Crippen LogP contribution in [0.15, 0.2) is 54.6 Å². The molecule has 0 aromatic heterocycles. The van der Waals surface area contributed by atoms with E-state index in [-0.39, 0.29) is 19.6 Å². The third kappa shape index (κ3) is 5.60. The van der Waals surface area contributed by atoms with E-state index in [0.717, 1.165) is 22.3 Å². The number of nitrogens with one attached hydrogen (secondary N) is 1. The van der Waals surface area contributed by atoms with Gasteiger partial charge in [0.2, 0.25) is 5.91 Å². The van der Waals surface area contributed by atoms with Gasteiger partial charge in [0, 0.05) is 13.5 Å². The van der Waals surface area contributed by atoms with Gasteiger partial charge < -0.3 is 24.4 Å². The van der Waals surface area contributed by atoms with Crippen LogP contribution < -0.4 is 5.32 Å². The largest absolute Gasteiger partial charge is 0.467 e. The van der Waals surface area contributed by atoms with Crippen molar-refractivity contribution in [2.75, 3.05) is 27.4 Å². The number of carbonyl (C=O) groups is 3. The highest BCUT2D eigenvalue weighted by molar-refractivity contribution is 5.91. The predicted octanol–water partition coefficient (Wildman–Crippen LogP) is 4.53. The van der Waals surface area contributed by atoms with Crippen LogP contribution in [0.3, 0.4) is 0 Å². The van der Waals surface area contributed by atoms with Gasteiger partial charge in [-0.2, -0.15) is 0 Å². The van der Waals surface area contributed by atoms with E-state index in [1.807, 2.05) is 69.3 Å². The van der Waals surface area contributed by atoms with Crippen LogP contribution in [0.2, 0.25) is 0 Å². The number of esters is 1. The number of cyclic esters (lactones) is 1. The number of rotatable bonds is 2. The third-order valence-corrected chi connectivity index (χ3v) is 7.28. The zero-order valence-corrected chi connectivity index (χ0v) is 22.7. The molecule has 0 saturated carbocycles. The fourth-order valence-corrected chi connectivity index (χ4v) is 5.14. The van der Waals surface area contributed by atoms with E-state index >= 15 is 0 Å². The van der Waals surface area contributed by atoms with Crippen LogP contribution in [0.25, 0.3) is 17.2 Å². The second-order valence-electron chi connectivity index (χ2n) is 10.9. The van der Waals surface area contributed by atoms with Crippen LogP contribution >= 0.6 is 0 Å². The van der Waals surface area contributed by atoms with E-state index in [4.69, 9.17) is 14.2 Å². The number of nitrogens with zero attached hydrogens (tertiary/aromatic N) is 1. The molecule has 8 heteroatoms. The molecule has 0 unspecified atom stereocenters. The van der Waals surface area contributed by atoms with Crippen molar-refractivity contribution in [2.24, 2.45) is 5.41 Å². The second kappa shape index (κ2) is 11.0. The summed E-state index contributed by atoms with van der Waals surface area (Å²) in [4.78, 5) is 41.1. The van der Waals surface area contributed by atoms with Crippen molar-refractivity contribution in [3.05, 3.63) is 65.7 Å². The van der Waals surface area contributed by atoms with Gasteiger partial charge in [-0.1, -0.05) is 69.3 Å². The quantitative estimate of drug-likeness (QED) is 0.585. The van der Waals surface area contributed by atoms with Gasteiger partial charge in [0.1, 0.15) is 17.7 Å². The van der Waals surface area contributed by atoms with Crippen molar-refractivity contribution in [2.45, 2.75) is 51.3 Å². The fraction of sp³-hybridized carbons (Fsp3) is 0.433. The Kier molecular flexibility index (Phi) is 7.92. The van der Waals surface area contributed by atoms with Crippen molar-refractivity contribution in [1.82, 2.24) is 10.2 Å². The highest BCUT2D eigenvalue weighted by atomic mass is 16.5. The summed E-state index contributed by atoms with van der Waals surface area (Å²) < 4.78 is 16.6. The maximum Gasteiger partial charge on any atom is 0.407 e. The molecule has 2 heterocycles. The molecule has 0 aliphatic carbocycles. The Bertz CT molecular complexity index is 1230. The summed E-state index contributed by atoms with van der Waals surface area (Å²) in [5.74, 6) is -0.929. The average Bonchev–Trinajstić information content (AvgIpc) is 3.31. The van der Waals surface area contributed by atoms with Gasteiger partial charge in [-0.15, -0.1) is 0 Å². The van der Waals surface area contributed by atoms with Crippen LogP contribution in [0.1, 0.15) is 44.7 Å². The van der Waals surface area contributed by atoms with Crippen LogP contribution in [0, 0.1) is 5.41 Å². The Morgan fingerprint density at radius 1 is 1.08 bits per heavy atom. The number of amides is 2. The third-order valence-electron chi connectivity index (χ3n) is 7.28. The molecule has 4 rings (SSSR count). The lowest BCUT2D eigenvalue weighted by Crippen LogP contribution is -2.57. The Morgan fingerprint density at radius 2 is 1.79 bits per heavy atom. The molecule has 2 aliphatic heterocycles. The molecule has 202 valence electrons. The maximum atomic E-state index is 14.0. The van der Waals surface area contributed by atoms with E-state index < -0.39 is 41.1 Å². The van der Waals surface area contributed by atoms with Gasteiger partial charge in [-0.05, 0) is 46.2 Å². The van der Waals surface area contributed by atoms with Gasteiger partial charge in [0.25, 0.3) is 0 Å². The minimum atomic E-state index is -0.948.